The van der Waals surface area contributed by atoms with Crippen LogP contribution in [-0.2, 0) is 17.8 Å². The second-order valence-corrected chi connectivity index (χ2v) is 7.70. The Kier molecular flexibility index (Phi) is 8.34. The molecule has 0 aliphatic carbocycles. The van der Waals surface area contributed by atoms with Gasteiger partial charge in [-0.05, 0) is 55.9 Å². The number of nitrogens with two attached hydrogens (primary N) is 1. The molecule has 4 nitrogen and oxygen atoms in total. The van der Waals surface area contributed by atoms with Gasteiger partial charge in [0.2, 0.25) is 5.91 Å². The highest BCUT2D eigenvalue weighted by Gasteiger charge is 2.25. The lowest BCUT2D eigenvalue weighted by Crippen LogP contribution is -2.45. The molecule has 3 rings (SSSR count). The molecule has 2 unspecified atom stereocenters. The molecule has 0 saturated carbocycles. The van der Waals surface area contributed by atoms with Gasteiger partial charge in [-0.3, -0.25) is 4.79 Å². The van der Waals surface area contributed by atoms with Crippen LogP contribution < -0.4 is 10.5 Å². The predicted molar refractivity (Wildman–Crippen MR) is 116 cm³/mol. The Bertz CT molecular complexity index is 779. The SMILES string of the molecule is Cc1cccc(COc2cccc(CC(=O)N3CCCC(C(C)N)C3)c2)c1.Cl. The normalized spacial score (nSPS) is 17.5. The summed E-state index contributed by atoms with van der Waals surface area (Å²) >= 11 is 0. The van der Waals surface area contributed by atoms with E-state index in [1.54, 1.807) is 0 Å². The first kappa shape index (κ1) is 22.3. The quantitative estimate of drug-likeness (QED) is 0.790. The van der Waals surface area contributed by atoms with Crippen molar-refractivity contribution in [3.05, 3.63) is 65.2 Å². The average Bonchev–Trinajstić information content (AvgIpc) is 2.67. The summed E-state index contributed by atoms with van der Waals surface area (Å²) in [4.78, 5) is 14.7. The highest BCUT2D eigenvalue weighted by molar-refractivity contribution is 5.85. The van der Waals surface area contributed by atoms with Crippen LogP contribution in [0, 0.1) is 12.8 Å². The summed E-state index contributed by atoms with van der Waals surface area (Å²) in [5.41, 5.74) is 9.40. The molecule has 1 fully saturated rings. The molecule has 0 aromatic heterocycles. The first-order valence-electron chi connectivity index (χ1n) is 9.82. The Morgan fingerprint density at radius 1 is 1.21 bits per heavy atom. The number of benzene rings is 2. The van der Waals surface area contributed by atoms with Gasteiger partial charge in [0.05, 0.1) is 6.42 Å². The topological polar surface area (TPSA) is 55.6 Å². The number of hydrogen-bond donors (Lipinski definition) is 1. The molecule has 0 radical (unpaired) electrons. The molecule has 1 heterocycles. The Morgan fingerprint density at radius 3 is 2.71 bits per heavy atom. The summed E-state index contributed by atoms with van der Waals surface area (Å²) in [6.07, 6.45) is 2.56. The van der Waals surface area contributed by atoms with Crippen molar-refractivity contribution in [1.29, 1.82) is 0 Å². The minimum absolute atomic E-state index is 0. The number of ether oxygens (including phenoxy) is 1. The molecule has 2 aromatic carbocycles. The zero-order chi connectivity index (χ0) is 19.2. The molecule has 5 heteroatoms. The van der Waals surface area contributed by atoms with Crippen LogP contribution in [0.3, 0.4) is 0 Å². The second-order valence-electron chi connectivity index (χ2n) is 7.70. The van der Waals surface area contributed by atoms with Crippen molar-refractivity contribution < 1.29 is 9.53 Å². The van der Waals surface area contributed by atoms with E-state index >= 15 is 0 Å². The van der Waals surface area contributed by atoms with Crippen molar-refractivity contribution in [2.24, 2.45) is 11.7 Å². The second kappa shape index (κ2) is 10.5. The van der Waals surface area contributed by atoms with Crippen molar-refractivity contribution in [2.75, 3.05) is 13.1 Å². The number of rotatable bonds is 6. The van der Waals surface area contributed by atoms with E-state index < -0.39 is 0 Å². The van der Waals surface area contributed by atoms with Crippen molar-refractivity contribution in [2.45, 2.75) is 45.8 Å². The number of nitrogens with zero attached hydrogens (tertiary/aromatic N) is 1. The van der Waals surface area contributed by atoms with Crippen LogP contribution in [0.25, 0.3) is 0 Å². The van der Waals surface area contributed by atoms with E-state index in [0.29, 0.717) is 18.9 Å². The lowest BCUT2D eigenvalue weighted by atomic mass is 9.92. The Balaban J connectivity index is 0.00000280. The molecule has 1 saturated heterocycles. The van der Waals surface area contributed by atoms with E-state index in [0.717, 1.165) is 42.8 Å². The Morgan fingerprint density at radius 2 is 1.96 bits per heavy atom. The van der Waals surface area contributed by atoms with Gasteiger partial charge >= 0.3 is 0 Å². The third-order valence-electron chi connectivity index (χ3n) is 5.30. The van der Waals surface area contributed by atoms with Crippen LogP contribution in [0.15, 0.2) is 48.5 Å². The van der Waals surface area contributed by atoms with Gasteiger partial charge in [-0.1, -0.05) is 42.0 Å². The van der Waals surface area contributed by atoms with Gasteiger partial charge in [0.15, 0.2) is 0 Å². The average molecular weight is 403 g/mol. The number of amides is 1. The fourth-order valence-corrected chi connectivity index (χ4v) is 3.67. The molecule has 1 aliphatic rings. The van der Waals surface area contributed by atoms with Crippen molar-refractivity contribution in [3.8, 4) is 5.75 Å². The largest absolute Gasteiger partial charge is 0.489 e. The highest BCUT2D eigenvalue weighted by Crippen LogP contribution is 2.21. The molecule has 1 aliphatic heterocycles. The first-order valence-corrected chi connectivity index (χ1v) is 9.82. The summed E-state index contributed by atoms with van der Waals surface area (Å²) in [5.74, 6) is 1.39. The van der Waals surface area contributed by atoms with Crippen LogP contribution in [0.1, 0.15) is 36.5 Å². The molecular formula is C23H31ClN2O2. The van der Waals surface area contributed by atoms with Gasteiger partial charge in [-0.15, -0.1) is 12.4 Å². The molecule has 1 amide bonds. The van der Waals surface area contributed by atoms with E-state index in [1.165, 1.54) is 5.56 Å². The number of piperidine rings is 1. The lowest BCUT2D eigenvalue weighted by molar-refractivity contribution is -0.132. The van der Waals surface area contributed by atoms with E-state index in [2.05, 4.69) is 25.1 Å². The van der Waals surface area contributed by atoms with Gasteiger partial charge in [0.1, 0.15) is 12.4 Å². The van der Waals surface area contributed by atoms with E-state index in [4.69, 9.17) is 10.5 Å². The van der Waals surface area contributed by atoms with Gasteiger partial charge in [-0.25, -0.2) is 0 Å². The van der Waals surface area contributed by atoms with Gasteiger partial charge < -0.3 is 15.4 Å². The van der Waals surface area contributed by atoms with Crippen LogP contribution in [0.4, 0.5) is 0 Å². The van der Waals surface area contributed by atoms with E-state index in [-0.39, 0.29) is 24.4 Å². The molecule has 152 valence electrons. The Labute approximate surface area is 174 Å². The fourth-order valence-electron chi connectivity index (χ4n) is 3.67. The maximum absolute atomic E-state index is 12.7. The van der Waals surface area contributed by atoms with Gasteiger partial charge in [-0.2, -0.15) is 0 Å². The van der Waals surface area contributed by atoms with Crippen LogP contribution >= 0.6 is 12.4 Å². The number of likely N-dealkylation sites (tertiary alicyclic amines) is 1. The molecule has 2 atom stereocenters. The van der Waals surface area contributed by atoms with Crippen molar-refractivity contribution in [1.82, 2.24) is 4.90 Å². The van der Waals surface area contributed by atoms with Gasteiger partial charge in [0.25, 0.3) is 0 Å². The maximum Gasteiger partial charge on any atom is 0.227 e. The summed E-state index contributed by atoms with van der Waals surface area (Å²) in [7, 11) is 0. The smallest absolute Gasteiger partial charge is 0.227 e. The Hall–Kier alpha value is -2.04. The maximum atomic E-state index is 12.7. The van der Waals surface area contributed by atoms with E-state index in [1.807, 2.05) is 42.2 Å². The van der Waals surface area contributed by atoms with Crippen molar-refractivity contribution in [3.63, 3.8) is 0 Å². The molecule has 0 spiro atoms. The molecule has 2 aromatic rings. The number of carbonyl (C=O) groups excluding carboxylic acids is 1. The zero-order valence-electron chi connectivity index (χ0n) is 16.8. The third-order valence-corrected chi connectivity index (χ3v) is 5.30. The summed E-state index contributed by atoms with van der Waals surface area (Å²) in [6.45, 7) is 6.26. The summed E-state index contributed by atoms with van der Waals surface area (Å²) in [6, 6.07) is 16.3. The van der Waals surface area contributed by atoms with Crippen LogP contribution in [-0.4, -0.2) is 29.9 Å². The van der Waals surface area contributed by atoms with Crippen LogP contribution in [0.2, 0.25) is 0 Å². The first-order chi connectivity index (χ1) is 13.0. The summed E-state index contributed by atoms with van der Waals surface area (Å²) in [5, 5.41) is 0. The molecular weight excluding hydrogens is 372 g/mol. The van der Waals surface area contributed by atoms with Crippen molar-refractivity contribution >= 4 is 18.3 Å². The van der Waals surface area contributed by atoms with Crippen LogP contribution in [0.5, 0.6) is 5.75 Å². The number of carbonyl (C=O) groups is 1. The minimum atomic E-state index is 0. The highest BCUT2D eigenvalue weighted by atomic mass is 35.5. The standard InChI is InChI=1S/C23H30N2O2.ClH/c1-17-6-3-8-20(12-17)16-27-22-10-4-7-19(13-22)14-23(26)25-11-5-9-21(15-25)18(2)24;/h3-4,6-8,10,12-13,18,21H,5,9,11,14-16,24H2,1-2H3;1H. The zero-order valence-corrected chi connectivity index (χ0v) is 17.6. The summed E-state index contributed by atoms with van der Waals surface area (Å²) < 4.78 is 5.92. The van der Waals surface area contributed by atoms with Gasteiger partial charge in [0, 0.05) is 19.1 Å². The number of halogens is 1. The number of hydrogen-bond acceptors (Lipinski definition) is 3. The monoisotopic (exact) mass is 402 g/mol. The number of aryl methyl sites for hydroxylation is 1. The predicted octanol–water partition coefficient (Wildman–Crippen LogP) is 4.12. The fraction of sp³-hybridized carbons (Fsp3) is 0.435. The molecule has 0 bridgehead atoms. The lowest BCUT2D eigenvalue weighted by Gasteiger charge is -2.34. The molecule has 2 N–H and O–H groups in total. The third kappa shape index (κ3) is 6.25. The van der Waals surface area contributed by atoms with E-state index in [9.17, 15) is 4.79 Å². The molecule has 28 heavy (non-hydrogen) atoms. The minimum Gasteiger partial charge on any atom is -0.489 e.